The average Bonchev–Trinajstić information content (AvgIpc) is 2.79. The quantitative estimate of drug-likeness (QED) is 0.510. The van der Waals surface area contributed by atoms with Crippen molar-refractivity contribution in [3.63, 3.8) is 0 Å². The van der Waals surface area contributed by atoms with Gasteiger partial charge in [0, 0.05) is 13.5 Å². The number of nitrogens with one attached hydrogen (secondary N) is 1. The van der Waals surface area contributed by atoms with Crippen LogP contribution in [0.4, 0.5) is 4.79 Å². The highest BCUT2D eigenvalue weighted by atomic mass is 16.4. The lowest BCUT2D eigenvalue weighted by Gasteiger charge is -2.29. The summed E-state index contributed by atoms with van der Waals surface area (Å²) in [5.74, 6) is -1.85. The lowest BCUT2D eigenvalue weighted by atomic mass is 10.0. The van der Waals surface area contributed by atoms with Crippen LogP contribution < -0.4 is 11.1 Å². The molecule has 0 aromatic heterocycles. The number of primary amides is 1. The van der Waals surface area contributed by atoms with Crippen LogP contribution in [-0.2, 0) is 9.59 Å². The van der Waals surface area contributed by atoms with Gasteiger partial charge in [-0.25, -0.2) is 9.59 Å². The largest absolute Gasteiger partial charge is 0.480 e. The molecule has 0 spiro atoms. The Balaban J connectivity index is 2.51. The van der Waals surface area contributed by atoms with Crippen molar-refractivity contribution in [3.05, 3.63) is 0 Å². The summed E-state index contributed by atoms with van der Waals surface area (Å²) in [7, 11) is 1.50. The van der Waals surface area contributed by atoms with Gasteiger partial charge >= 0.3 is 12.0 Å². The molecule has 8 heteroatoms. The second-order valence-electron chi connectivity index (χ2n) is 5.63. The summed E-state index contributed by atoms with van der Waals surface area (Å²) in [5.41, 5.74) is 4.08. The van der Waals surface area contributed by atoms with Gasteiger partial charge in [-0.1, -0.05) is 12.8 Å². The number of nitrogens with zero attached hydrogens (tertiary/aromatic N) is 1. The van der Waals surface area contributed by atoms with E-state index in [9.17, 15) is 19.5 Å². The van der Waals surface area contributed by atoms with Crippen LogP contribution in [0.1, 0.15) is 38.5 Å². The van der Waals surface area contributed by atoms with Crippen LogP contribution in [0.25, 0.3) is 0 Å². The van der Waals surface area contributed by atoms with Crippen LogP contribution in [0.15, 0.2) is 0 Å². The number of carbonyl (C=O) groups is 3. The van der Waals surface area contributed by atoms with E-state index < -0.39 is 29.6 Å². The Bertz CT molecular complexity index is 407. The molecule has 0 saturated heterocycles. The van der Waals surface area contributed by atoms with Crippen LogP contribution in [0, 0.1) is 0 Å². The fourth-order valence-electron chi connectivity index (χ4n) is 2.51. The molecule has 1 saturated carbocycles. The van der Waals surface area contributed by atoms with E-state index in [1.807, 2.05) is 0 Å². The number of hydrogen-bond acceptors (Lipinski definition) is 4. The molecule has 0 aliphatic heterocycles. The number of rotatable bonds is 7. The molecule has 5 N–H and O–H groups in total. The highest BCUT2D eigenvalue weighted by Crippen LogP contribution is 2.29. The standard InChI is InChI=1S/C13H23N3O5/c1-16(8-13(21)6-2-3-7-13)12(20)15-9(11(18)19)4-5-10(14)17/h9,21H,2-8H2,1H3,(H2,14,17)(H,15,20)(H,18,19). The SMILES string of the molecule is CN(CC1(O)CCCC1)C(=O)NC(CCC(N)=O)C(=O)O. The smallest absolute Gasteiger partial charge is 0.326 e. The summed E-state index contributed by atoms with van der Waals surface area (Å²) in [6, 6.07) is -1.77. The molecule has 3 amide bonds. The number of carboxylic acids is 1. The third-order valence-electron chi connectivity index (χ3n) is 3.69. The maximum Gasteiger partial charge on any atom is 0.326 e. The molecular weight excluding hydrogens is 278 g/mol. The molecule has 120 valence electrons. The van der Waals surface area contributed by atoms with E-state index in [2.05, 4.69) is 5.32 Å². The van der Waals surface area contributed by atoms with Gasteiger partial charge in [0.25, 0.3) is 0 Å². The third-order valence-corrected chi connectivity index (χ3v) is 3.69. The maximum atomic E-state index is 12.0. The van der Waals surface area contributed by atoms with Crippen molar-refractivity contribution >= 4 is 17.9 Å². The molecule has 1 aliphatic rings. The Morgan fingerprint density at radius 2 is 1.90 bits per heavy atom. The van der Waals surface area contributed by atoms with Crippen molar-refractivity contribution in [1.82, 2.24) is 10.2 Å². The van der Waals surface area contributed by atoms with Crippen molar-refractivity contribution in [2.45, 2.75) is 50.2 Å². The summed E-state index contributed by atoms with van der Waals surface area (Å²) in [4.78, 5) is 35.0. The predicted molar refractivity (Wildman–Crippen MR) is 74.4 cm³/mol. The number of urea groups is 1. The Labute approximate surface area is 123 Å². The highest BCUT2D eigenvalue weighted by Gasteiger charge is 2.34. The number of aliphatic hydroxyl groups is 1. The highest BCUT2D eigenvalue weighted by molar-refractivity contribution is 5.83. The van der Waals surface area contributed by atoms with E-state index in [4.69, 9.17) is 10.8 Å². The number of nitrogens with two attached hydrogens (primary N) is 1. The van der Waals surface area contributed by atoms with Gasteiger partial charge in [0.1, 0.15) is 6.04 Å². The first-order chi connectivity index (χ1) is 9.73. The first-order valence-electron chi connectivity index (χ1n) is 6.99. The second kappa shape index (κ2) is 7.26. The maximum absolute atomic E-state index is 12.0. The minimum absolute atomic E-state index is 0.0610. The molecule has 1 fully saturated rings. The number of carboxylic acid groups (broad SMARTS) is 1. The van der Waals surface area contributed by atoms with Gasteiger partial charge < -0.3 is 26.2 Å². The van der Waals surface area contributed by atoms with Gasteiger partial charge in [-0.15, -0.1) is 0 Å². The number of hydrogen-bond donors (Lipinski definition) is 4. The van der Waals surface area contributed by atoms with Crippen LogP contribution in [0.5, 0.6) is 0 Å². The average molecular weight is 301 g/mol. The zero-order chi connectivity index (χ0) is 16.0. The fraction of sp³-hybridized carbons (Fsp3) is 0.769. The first-order valence-corrected chi connectivity index (χ1v) is 6.99. The van der Waals surface area contributed by atoms with Crippen LogP contribution in [-0.4, -0.2) is 58.3 Å². The molecule has 8 nitrogen and oxygen atoms in total. The van der Waals surface area contributed by atoms with Gasteiger partial charge in [-0.2, -0.15) is 0 Å². The molecule has 0 aromatic rings. The molecular formula is C13H23N3O5. The van der Waals surface area contributed by atoms with Crippen molar-refractivity contribution in [2.75, 3.05) is 13.6 Å². The van der Waals surface area contributed by atoms with E-state index in [1.54, 1.807) is 0 Å². The molecule has 1 atom stereocenters. The van der Waals surface area contributed by atoms with E-state index >= 15 is 0 Å². The van der Waals surface area contributed by atoms with Crippen LogP contribution >= 0.6 is 0 Å². The van der Waals surface area contributed by atoms with Crippen molar-refractivity contribution < 1.29 is 24.6 Å². The first kappa shape index (κ1) is 17.2. The van der Waals surface area contributed by atoms with E-state index in [1.165, 1.54) is 11.9 Å². The Hall–Kier alpha value is -1.83. The summed E-state index contributed by atoms with van der Waals surface area (Å²) in [5, 5.41) is 21.6. The third kappa shape index (κ3) is 5.58. The predicted octanol–water partition coefficient (Wildman–Crippen LogP) is -0.348. The van der Waals surface area contributed by atoms with Crippen molar-refractivity contribution in [1.29, 1.82) is 0 Å². The van der Waals surface area contributed by atoms with E-state index in [0.717, 1.165) is 12.8 Å². The summed E-state index contributed by atoms with van der Waals surface area (Å²) < 4.78 is 0. The number of aliphatic carboxylic acids is 1. The monoisotopic (exact) mass is 301 g/mol. The molecule has 0 bridgehead atoms. The molecule has 0 aromatic carbocycles. The number of likely N-dealkylation sites (N-methyl/N-ethyl adjacent to an activating group) is 1. The van der Waals surface area contributed by atoms with Gasteiger partial charge in [0.05, 0.1) is 12.1 Å². The van der Waals surface area contributed by atoms with Crippen LogP contribution in [0.2, 0.25) is 0 Å². The minimum atomic E-state index is -1.22. The summed E-state index contributed by atoms with van der Waals surface area (Å²) >= 11 is 0. The molecule has 0 heterocycles. The summed E-state index contributed by atoms with van der Waals surface area (Å²) in [6.07, 6.45) is 2.92. The molecule has 1 rings (SSSR count). The lowest BCUT2D eigenvalue weighted by molar-refractivity contribution is -0.139. The summed E-state index contributed by atoms with van der Waals surface area (Å²) in [6.45, 7) is 0.154. The Kier molecular flexibility index (Phi) is 5.95. The minimum Gasteiger partial charge on any atom is -0.480 e. The van der Waals surface area contributed by atoms with Crippen molar-refractivity contribution in [3.8, 4) is 0 Å². The Morgan fingerprint density at radius 1 is 1.33 bits per heavy atom. The van der Waals surface area contributed by atoms with Crippen LogP contribution in [0.3, 0.4) is 0 Å². The zero-order valence-corrected chi connectivity index (χ0v) is 12.2. The lowest BCUT2D eigenvalue weighted by Crippen LogP contribution is -2.50. The number of carbonyl (C=O) groups excluding carboxylic acids is 2. The molecule has 1 unspecified atom stereocenters. The zero-order valence-electron chi connectivity index (χ0n) is 12.2. The van der Waals surface area contributed by atoms with E-state index in [-0.39, 0.29) is 19.4 Å². The van der Waals surface area contributed by atoms with Gasteiger partial charge in [-0.05, 0) is 19.3 Å². The van der Waals surface area contributed by atoms with E-state index in [0.29, 0.717) is 12.8 Å². The molecule has 0 radical (unpaired) electrons. The Morgan fingerprint density at radius 3 is 2.38 bits per heavy atom. The normalized spacial score (nSPS) is 18.0. The van der Waals surface area contributed by atoms with Gasteiger partial charge in [0.15, 0.2) is 0 Å². The topological polar surface area (TPSA) is 133 Å². The van der Waals surface area contributed by atoms with Gasteiger partial charge in [0.2, 0.25) is 5.91 Å². The van der Waals surface area contributed by atoms with Crippen molar-refractivity contribution in [2.24, 2.45) is 5.73 Å². The molecule has 1 aliphatic carbocycles. The fourth-order valence-corrected chi connectivity index (χ4v) is 2.51. The molecule has 21 heavy (non-hydrogen) atoms. The second-order valence-corrected chi connectivity index (χ2v) is 5.63. The number of amides is 3. The van der Waals surface area contributed by atoms with Gasteiger partial charge in [-0.3, -0.25) is 4.79 Å².